The SMILES string of the molecule is [CH2]=[Zr]([CH]1C(C)=Cc2ccccc21)[CH]1C(C)=Cc2ccccc21. The van der Waals surface area contributed by atoms with E-state index in [9.17, 15) is 0 Å². The van der Waals surface area contributed by atoms with Crippen LogP contribution in [-0.2, 0) is 21.3 Å². The van der Waals surface area contributed by atoms with Crippen molar-refractivity contribution in [3.63, 3.8) is 0 Å². The molecule has 2 aliphatic carbocycles. The van der Waals surface area contributed by atoms with Gasteiger partial charge in [-0.25, -0.2) is 0 Å². The van der Waals surface area contributed by atoms with Crippen LogP contribution in [0.25, 0.3) is 12.2 Å². The van der Waals surface area contributed by atoms with Crippen LogP contribution in [0.15, 0.2) is 59.7 Å². The molecule has 0 aliphatic heterocycles. The molecule has 0 radical (unpaired) electrons. The Labute approximate surface area is 140 Å². The van der Waals surface area contributed by atoms with Crippen LogP contribution in [0, 0.1) is 0 Å². The molecule has 4 rings (SSSR count). The van der Waals surface area contributed by atoms with Gasteiger partial charge in [0.2, 0.25) is 0 Å². The number of fused-ring (bicyclic) bond motifs is 2. The third-order valence-corrected chi connectivity index (χ3v) is 12.4. The zero-order valence-corrected chi connectivity index (χ0v) is 15.6. The second kappa shape index (κ2) is 5.39. The number of allylic oxidation sites excluding steroid dienone is 2. The summed E-state index contributed by atoms with van der Waals surface area (Å²) in [7, 11) is 0. The van der Waals surface area contributed by atoms with Crippen molar-refractivity contribution in [2.45, 2.75) is 21.1 Å². The minimum atomic E-state index is -1.96. The van der Waals surface area contributed by atoms with Crippen LogP contribution < -0.4 is 0 Å². The topological polar surface area (TPSA) is 0 Å². The zero-order valence-electron chi connectivity index (χ0n) is 13.1. The molecule has 0 saturated carbocycles. The van der Waals surface area contributed by atoms with Gasteiger partial charge in [0.25, 0.3) is 0 Å². The number of rotatable bonds is 2. The average molecular weight is 364 g/mol. The molecule has 2 aliphatic rings. The van der Waals surface area contributed by atoms with Gasteiger partial charge in [-0.15, -0.1) is 0 Å². The summed E-state index contributed by atoms with van der Waals surface area (Å²) in [6.45, 7) is 4.60. The molecule has 22 heavy (non-hydrogen) atoms. The Kier molecular flexibility index (Phi) is 3.50. The van der Waals surface area contributed by atoms with E-state index in [0.29, 0.717) is 7.25 Å². The fraction of sp³-hybridized carbons (Fsp3) is 0.190. The molecule has 108 valence electrons. The van der Waals surface area contributed by atoms with E-state index in [2.05, 4.69) is 74.5 Å². The first kappa shape index (κ1) is 14.3. The summed E-state index contributed by atoms with van der Waals surface area (Å²) < 4.78 is 6.06. The van der Waals surface area contributed by atoms with Crippen LogP contribution in [-0.4, -0.2) is 4.21 Å². The van der Waals surface area contributed by atoms with Crippen molar-refractivity contribution in [1.82, 2.24) is 0 Å². The van der Waals surface area contributed by atoms with E-state index < -0.39 is 21.3 Å². The van der Waals surface area contributed by atoms with Crippen molar-refractivity contribution in [3.05, 3.63) is 81.9 Å². The van der Waals surface area contributed by atoms with Gasteiger partial charge in [-0.05, 0) is 0 Å². The molecule has 0 amide bonds. The molecule has 2 unspecified atom stereocenters. The second-order valence-electron chi connectivity index (χ2n) is 6.48. The summed E-state index contributed by atoms with van der Waals surface area (Å²) in [5.41, 5.74) is 8.95. The molecule has 0 fully saturated rings. The summed E-state index contributed by atoms with van der Waals surface area (Å²) in [5.74, 6) is 0. The Morgan fingerprint density at radius 3 is 1.59 bits per heavy atom. The van der Waals surface area contributed by atoms with Gasteiger partial charge in [0.1, 0.15) is 0 Å². The first-order valence-corrected chi connectivity index (χ1v) is 12.5. The molecule has 1 heteroatoms. The van der Waals surface area contributed by atoms with Crippen molar-refractivity contribution in [2.24, 2.45) is 0 Å². The van der Waals surface area contributed by atoms with Gasteiger partial charge in [0, 0.05) is 0 Å². The van der Waals surface area contributed by atoms with Crippen LogP contribution >= 0.6 is 0 Å². The van der Waals surface area contributed by atoms with E-state index in [1.807, 2.05) is 0 Å². The minimum absolute atomic E-state index is 0.623. The number of hydrogen-bond donors (Lipinski definition) is 0. The summed E-state index contributed by atoms with van der Waals surface area (Å²) in [4.78, 5) is 0. The monoisotopic (exact) mass is 362 g/mol. The van der Waals surface area contributed by atoms with Crippen LogP contribution in [0.3, 0.4) is 0 Å². The van der Waals surface area contributed by atoms with Gasteiger partial charge >= 0.3 is 141 Å². The van der Waals surface area contributed by atoms with E-state index in [1.54, 1.807) is 0 Å². The second-order valence-corrected chi connectivity index (χ2v) is 12.1. The van der Waals surface area contributed by atoms with Crippen molar-refractivity contribution < 1.29 is 21.3 Å². The van der Waals surface area contributed by atoms with E-state index in [-0.39, 0.29) is 0 Å². The molecule has 0 aromatic heterocycles. The summed E-state index contributed by atoms with van der Waals surface area (Å²) in [5, 5.41) is 0. The van der Waals surface area contributed by atoms with Gasteiger partial charge in [-0.3, -0.25) is 0 Å². The third-order valence-electron chi connectivity index (χ3n) is 5.03. The molecule has 0 bridgehead atoms. The fourth-order valence-corrected chi connectivity index (χ4v) is 11.5. The molecule has 2 atom stereocenters. The molecule has 0 nitrogen and oxygen atoms in total. The van der Waals surface area contributed by atoms with Crippen LogP contribution in [0.5, 0.6) is 0 Å². The van der Waals surface area contributed by atoms with Gasteiger partial charge in [-0.1, -0.05) is 0 Å². The van der Waals surface area contributed by atoms with E-state index in [4.69, 9.17) is 4.21 Å². The van der Waals surface area contributed by atoms with Crippen LogP contribution in [0.1, 0.15) is 43.4 Å². The predicted molar refractivity (Wildman–Crippen MR) is 92.8 cm³/mol. The molecule has 0 N–H and O–H groups in total. The standard InChI is InChI=1S/2C10H9.CH2.Zr/c2*1-8-6-9-4-2-3-5-10(9)7-8;;/h2*2-7H,1H3;1H2;. The maximum atomic E-state index is 4.82. The molecule has 2 aromatic carbocycles. The Hall–Kier alpha value is -1.33. The van der Waals surface area contributed by atoms with Gasteiger partial charge < -0.3 is 0 Å². The maximum absolute atomic E-state index is 4.82. The quantitative estimate of drug-likeness (QED) is 0.674. The molecule has 2 aromatic rings. The van der Waals surface area contributed by atoms with E-state index in [0.717, 1.165) is 0 Å². The van der Waals surface area contributed by atoms with Crippen molar-refractivity contribution in [3.8, 4) is 0 Å². The molecule has 0 spiro atoms. The number of benzene rings is 2. The fourth-order valence-electron chi connectivity index (χ4n) is 4.11. The Morgan fingerprint density at radius 2 is 1.14 bits per heavy atom. The molecular formula is C21H20Zr. The van der Waals surface area contributed by atoms with Crippen LogP contribution in [0.4, 0.5) is 0 Å². The van der Waals surface area contributed by atoms with Gasteiger partial charge in [-0.2, -0.15) is 0 Å². The molecule has 0 heterocycles. The average Bonchev–Trinajstić information content (AvgIpc) is 3.01. The Balaban J connectivity index is 1.78. The van der Waals surface area contributed by atoms with Crippen molar-refractivity contribution >= 4 is 16.4 Å². The first-order valence-electron chi connectivity index (χ1n) is 7.90. The summed E-state index contributed by atoms with van der Waals surface area (Å²) in [6.07, 6.45) is 4.76. The summed E-state index contributed by atoms with van der Waals surface area (Å²) >= 11 is -1.96. The molecular weight excluding hydrogens is 343 g/mol. The Morgan fingerprint density at radius 1 is 0.727 bits per heavy atom. The van der Waals surface area contributed by atoms with E-state index >= 15 is 0 Å². The Bertz CT molecular complexity index is 769. The normalized spacial score (nSPS) is 21.9. The van der Waals surface area contributed by atoms with E-state index in [1.165, 1.54) is 33.4 Å². The van der Waals surface area contributed by atoms with Gasteiger partial charge in [0.15, 0.2) is 0 Å². The predicted octanol–water partition coefficient (Wildman–Crippen LogP) is 5.35. The first-order chi connectivity index (χ1) is 10.7. The number of hydrogen-bond acceptors (Lipinski definition) is 0. The van der Waals surface area contributed by atoms with Crippen molar-refractivity contribution in [2.75, 3.05) is 0 Å². The zero-order chi connectivity index (χ0) is 15.3. The summed E-state index contributed by atoms with van der Waals surface area (Å²) in [6, 6.07) is 17.8. The third kappa shape index (κ3) is 2.10. The molecule has 0 saturated heterocycles. The van der Waals surface area contributed by atoms with Crippen molar-refractivity contribution in [1.29, 1.82) is 0 Å². The van der Waals surface area contributed by atoms with Crippen LogP contribution in [0.2, 0.25) is 0 Å². The van der Waals surface area contributed by atoms with Gasteiger partial charge in [0.05, 0.1) is 0 Å².